The maximum atomic E-state index is 8.66. The highest BCUT2D eigenvalue weighted by molar-refractivity contribution is 9.10. The van der Waals surface area contributed by atoms with E-state index in [0.29, 0.717) is 13.1 Å². The molecule has 1 aromatic rings. The van der Waals surface area contributed by atoms with E-state index in [4.69, 9.17) is 15.7 Å². The van der Waals surface area contributed by atoms with Crippen molar-refractivity contribution < 1.29 is 9.94 Å². The molecule has 0 saturated heterocycles. The third-order valence-electron chi connectivity index (χ3n) is 2.70. The van der Waals surface area contributed by atoms with Gasteiger partial charge in [0.05, 0.1) is 13.7 Å². The van der Waals surface area contributed by atoms with Gasteiger partial charge in [-0.3, -0.25) is 4.90 Å². The number of hydrogen-bond donors (Lipinski definition) is 2. The Bertz CT molecular complexity index is 438. The fourth-order valence-corrected chi connectivity index (χ4v) is 2.20. The lowest BCUT2D eigenvalue weighted by Gasteiger charge is -2.21. The van der Waals surface area contributed by atoms with Crippen molar-refractivity contribution in [2.45, 2.75) is 19.9 Å². The highest BCUT2D eigenvalue weighted by atomic mass is 79.9. The number of benzene rings is 1. The number of rotatable bonds is 7. The largest absolute Gasteiger partial charge is 0.497 e. The van der Waals surface area contributed by atoms with Crippen LogP contribution in [0.2, 0.25) is 0 Å². The van der Waals surface area contributed by atoms with Crippen molar-refractivity contribution in [2.75, 3.05) is 20.2 Å². The fraction of sp³-hybridized carbons (Fsp3) is 0.462. The molecule has 0 aromatic heterocycles. The smallest absolute Gasteiger partial charge is 0.153 e. The Morgan fingerprint density at radius 3 is 2.84 bits per heavy atom. The molecule has 0 aliphatic rings. The number of nitrogens with two attached hydrogens (primary N) is 1. The zero-order valence-corrected chi connectivity index (χ0v) is 12.9. The molecule has 6 heteroatoms. The predicted molar refractivity (Wildman–Crippen MR) is 79.7 cm³/mol. The van der Waals surface area contributed by atoms with Gasteiger partial charge >= 0.3 is 0 Å². The third-order valence-corrected chi connectivity index (χ3v) is 3.47. The normalized spacial score (nSPS) is 11.9. The summed E-state index contributed by atoms with van der Waals surface area (Å²) in [5, 5.41) is 11.7. The molecule has 19 heavy (non-hydrogen) atoms. The van der Waals surface area contributed by atoms with Crippen LogP contribution >= 0.6 is 15.9 Å². The molecule has 0 heterocycles. The number of nitrogens with zero attached hydrogens (tertiary/aromatic N) is 2. The predicted octanol–water partition coefficient (Wildman–Crippen LogP) is 2.42. The van der Waals surface area contributed by atoms with E-state index in [9.17, 15) is 0 Å². The molecule has 0 saturated carbocycles. The molecule has 0 spiro atoms. The Labute approximate surface area is 122 Å². The van der Waals surface area contributed by atoms with Crippen molar-refractivity contribution in [1.29, 1.82) is 0 Å². The Morgan fingerprint density at radius 2 is 2.26 bits per heavy atom. The van der Waals surface area contributed by atoms with E-state index in [2.05, 4.69) is 32.9 Å². The molecular formula is C13H20BrN3O2. The zero-order valence-electron chi connectivity index (χ0n) is 11.3. The van der Waals surface area contributed by atoms with Gasteiger partial charge in [0.15, 0.2) is 5.84 Å². The molecule has 0 unspecified atom stereocenters. The van der Waals surface area contributed by atoms with E-state index in [-0.39, 0.29) is 5.84 Å². The average Bonchev–Trinajstić information content (AvgIpc) is 2.41. The maximum absolute atomic E-state index is 8.66. The summed E-state index contributed by atoms with van der Waals surface area (Å²) in [5.41, 5.74) is 6.68. The second-order valence-corrected chi connectivity index (χ2v) is 5.11. The van der Waals surface area contributed by atoms with Crippen molar-refractivity contribution in [2.24, 2.45) is 10.9 Å². The molecule has 106 valence electrons. The number of ether oxygens (including phenoxy) is 1. The lowest BCUT2D eigenvalue weighted by atomic mass is 10.2. The molecule has 3 N–H and O–H groups in total. The van der Waals surface area contributed by atoms with Gasteiger partial charge in [-0.15, -0.1) is 0 Å². The lowest BCUT2D eigenvalue weighted by molar-refractivity contribution is 0.285. The number of methoxy groups -OCH3 is 1. The Morgan fingerprint density at radius 1 is 1.53 bits per heavy atom. The van der Waals surface area contributed by atoms with E-state index in [0.717, 1.165) is 28.8 Å². The van der Waals surface area contributed by atoms with Crippen LogP contribution < -0.4 is 10.5 Å². The lowest BCUT2D eigenvalue weighted by Crippen LogP contribution is -2.34. The van der Waals surface area contributed by atoms with E-state index in [1.165, 1.54) is 0 Å². The molecule has 0 atom stereocenters. The number of oxime groups is 1. The number of halogens is 1. The molecule has 0 radical (unpaired) electrons. The Kier molecular flexibility index (Phi) is 6.66. The number of hydrogen-bond acceptors (Lipinski definition) is 4. The van der Waals surface area contributed by atoms with Crippen LogP contribution in [0.4, 0.5) is 0 Å². The first-order valence-corrected chi connectivity index (χ1v) is 6.91. The van der Waals surface area contributed by atoms with Crippen molar-refractivity contribution in [3.63, 3.8) is 0 Å². The average molecular weight is 330 g/mol. The molecule has 0 bridgehead atoms. The fourth-order valence-electron chi connectivity index (χ4n) is 1.83. The summed E-state index contributed by atoms with van der Waals surface area (Å²) in [6, 6.07) is 5.85. The molecule has 0 aliphatic heterocycles. The minimum Gasteiger partial charge on any atom is -0.497 e. The van der Waals surface area contributed by atoms with Crippen LogP contribution in [0.1, 0.15) is 18.9 Å². The summed E-state index contributed by atoms with van der Waals surface area (Å²) in [6.07, 6.45) is 1.00. The van der Waals surface area contributed by atoms with E-state index >= 15 is 0 Å². The Balaban J connectivity index is 2.83. The molecule has 0 amide bonds. The monoisotopic (exact) mass is 329 g/mol. The number of amidine groups is 1. The van der Waals surface area contributed by atoms with Gasteiger partial charge in [0.1, 0.15) is 5.75 Å². The molecule has 0 fully saturated rings. The topological polar surface area (TPSA) is 71.1 Å². The summed E-state index contributed by atoms with van der Waals surface area (Å²) in [4.78, 5) is 2.12. The quantitative estimate of drug-likeness (QED) is 0.349. The highest BCUT2D eigenvalue weighted by Gasteiger charge is 2.10. The molecule has 1 aromatic carbocycles. The van der Waals surface area contributed by atoms with Crippen molar-refractivity contribution in [1.82, 2.24) is 4.90 Å². The maximum Gasteiger partial charge on any atom is 0.153 e. The summed E-state index contributed by atoms with van der Waals surface area (Å²) < 4.78 is 6.25. The third kappa shape index (κ3) is 5.08. The summed E-state index contributed by atoms with van der Waals surface area (Å²) in [5.74, 6) is 1.03. The van der Waals surface area contributed by atoms with E-state index < -0.39 is 0 Å². The van der Waals surface area contributed by atoms with Crippen molar-refractivity contribution in [3.05, 3.63) is 28.2 Å². The van der Waals surface area contributed by atoms with Gasteiger partial charge in [-0.1, -0.05) is 28.0 Å². The van der Waals surface area contributed by atoms with E-state index in [1.807, 2.05) is 18.2 Å². The molecule has 5 nitrogen and oxygen atoms in total. The minimum absolute atomic E-state index is 0.215. The van der Waals surface area contributed by atoms with Crippen LogP contribution in [0.25, 0.3) is 0 Å². The van der Waals surface area contributed by atoms with Gasteiger partial charge in [0.2, 0.25) is 0 Å². The second kappa shape index (κ2) is 8.01. The van der Waals surface area contributed by atoms with Crippen LogP contribution in [-0.2, 0) is 6.54 Å². The van der Waals surface area contributed by atoms with Gasteiger partial charge in [0, 0.05) is 11.0 Å². The standard InChI is InChI=1S/C13H20BrN3O2/c1-3-6-17(9-13(15)16-18)8-10-7-11(19-2)4-5-12(10)14/h4-5,7,18H,3,6,8-9H2,1-2H3,(H2,15,16). The SMILES string of the molecule is CCCN(CC(N)=NO)Cc1cc(OC)ccc1Br. The first-order valence-electron chi connectivity index (χ1n) is 6.11. The van der Waals surface area contributed by atoms with Crippen molar-refractivity contribution in [3.8, 4) is 5.75 Å². The molecule has 1 rings (SSSR count). The van der Waals surface area contributed by atoms with Gasteiger partial charge in [0.25, 0.3) is 0 Å². The zero-order chi connectivity index (χ0) is 14.3. The van der Waals surface area contributed by atoms with Gasteiger partial charge in [-0.2, -0.15) is 0 Å². The van der Waals surface area contributed by atoms with Crippen LogP contribution in [-0.4, -0.2) is 36.1 Å². The minimum atomic E-state index is 0.215. The van der Waals surface area contributed by atoms with Gasteiger partial charge in [-0.25, -0.2) is 0 Å². The first-order chi connectivity index (χ1) is 9.10. The van der Waals surface area contributed by atoms with Crippen LogP contribution in [0.3, 0.4) is 0 Å². The summed E-state index contributed by atoms with van der Waals surface area (Å²) >= 11 is 3.53. The van der Waals surface area contributed by atoms with Crippen LogP contribution in [0.15, 0.2) is 27.8 Å². The van der Waals surface area contributed by atoms with Gasteiger partial charge < -0.3 is 15.7 Å². The van der Waals surface area contributed by atoms with Gasteiger partial charge in [-0.05, 0) is 36.7 Å². The second-order valence-electron chi connectivity index (χ2n) is 4.26. The summed E-state index contributed by atoms with van der Waals surface area (Å²) in [6.45, 7) is 4.12. The molecule has 0 aliphatic carbocycles. The van der Waals surface area contributed by atoms with Crippen LogP contribution in [0, 0.1) is 0 Å². The summed E-state index contributed by atoms with van der Waals surface area (Å²) in [7, 11) is 1.65. The molecular weight excluding hydrogens is 310 g/mol. The van der Waals surface area contributed by atoms with Crippen molar-refractivity contribution >= 4 is 21.8 Å². The Hall–Kier alpha value is -1.27. The van der Waals surface area contributed by atoms with Crippen LogP contribution in [0.5, 0.6) is 5.75 Å². The first kappa shape index (κ1) is 15.8. The van der Waals surface area contributed by atoms with E-state index in [1.54, 1.807) is 7.11 Å². The highest BCUT2D eigenvalue weighted by Crippen LogP contribution is 2.23.